The van der Waals surface area contributed by atoms with Crippen LogP contribution in [0.3, 0.4) is 0 Å². The van der Waals surface area contributed by atoms with Gasteiger partial charge in [-0.05, 0) is 31.2 Å². The summed E-state index contributed by atoms with van der Waals surface area (Å²) in [7, 11) is 2.92. The molecule has 136 valence electrons. The van der Waals surface area contributed by atoms with E-state index in [2.05, 4.69) is 5.32 Å². The number of ketones is 1. The molecular formula is C19H19NO6. The van der Waals surface area contributed by atoms with Crippen LogP contribution in [0.5, 0.6) is 11.5 Å². The van der Waals surface area contributed by atoms with Gasteiger partial charge in [0.1, 0.15) is 11.5 Å². The van der Waals surface area contributed by atoms with Crippen LogP contribution in [-0.4, -0.2) is 38.5 Å². The first-order chi connectivity index (χ1) is 12.4. The second-order valence-corrected chi connectivity index (χ2v) is 5.33. The molecule has 0 aliphatic carbocycles. The molecule has 7 nitrogen and oxygen atoms in total. The lowest BCUT2D eigenvalue weighted by atomic mass is 10.1. The molecule has 0 spiro atoms. The smallest absolute Gasteiger partial charge is 0.338 e. The van der Waals surface area contributed by atoms with Gasteiger partial charge in [0.15, 0.2) is 12.4 Å². The molecule has 2 aromatic rings. The summed E-state index contributed by atoms with van der Waals surface area (Å²) in [6, 6.07) is 11.2. The van der Waals surface area contributed by atoms with Crippen molar-refractivity contribution in [3.63, 3.8) is 0 Å². The zero-order valence-electron chi connectivity index (χ0n) is 14.7. The Labute approximate surface area is 150 Å². The maximum absolute atomic E-state index is 12.1. The molecule has 0 saturated heterocycles. The molecule has 7 heteroatoms. The largest absolute Gasteiger partial charge is 0.497 e. The molecule has 0 fully saturated rings. The lowest BCUT2D eigenvalue weighted by molar-refractivity contribution is -0.119. The van der Waals surface area contributed by atoms with E-state index in [0.29, 0.717) is 22.7 Å². The summed E-state index contributed by atoms with van der Waals surface area (Å²) in [5, 5.41) is 2.56. The van der Waals surface area contributed by atoms with Crippen LogP contribution in [0.1, 0.15) is 27.6 Å². The van der Waals surface area contributed by atoms with Crippen LogP contribution >= 0.6 is 0 Å². The number of benzene rings is 2. The minimum absolute atomic E-state index is 0.179. The number of hydrogen-bond donors (Lipinski definition) is 1. The van der Waals surface area contributed by atoms with Crippen molar-refractivity contribution < 1.29 is 28.6 Å². The highest BCUT2D eigenvalue weighted by molar-refractivity contribution is 6.04. The zero-order valence-corrected chi connectivity index (χ0v) is 14.7. The number of rotatable bonds is 7. The predicted octanol–water partition coefficient (Wildman–Crippen LogP) is 2.70. The lowest BCUT2D eigenvalue weighted by Gasteiger charge is -2.10. The second kappa shape index (κ2) is 8.66. The molecule has 2 aromatic carbocycles. The third-order valence-corrected chi connectivity index (χ3v) is 3.50. The van der Waals surface area contributed by atoms with Gasteiger partial charge in [-0.2, -0.15) is 0 Å². The van der Waals surface area contributed by atoms with Crippen molar-refractivity contribution in [2.75, 3.05) is 26.1 Å². The highest BCUT2D eigenvalue weighted by atomic mass is 16.5. The highest BCUT2D eigenvalue weighted by Gasteiger charge is 2.15. The second-order valence-electron chi connectivity index (χ2n) is 5.33. The number of anilines is 1. The summed E-state index contributed by atoms with van der Waals surface area (Å²) in [6.45, 7) is 0.909. The van der Waals surface area contributed by atoms with Crippen LogP contribution in [0.4, 0.5) is 5.69 Å². The van der Waals surface area contributed by atoms with Gasteiger partial charge in [-0.15, -0.1) is 0 Å². The van der Waals surface area contributed by atoms with Gasteiger partial charge in [0.05, 0.1) is 25.5 Å². The van der Waals surface area contributed by atoms with Crippen molar-refractivity contribution in [1.82, 2.24) is 0 Å². The number of carbonyl (C=O) groups is 3. The summed E-state index contributed by atoms with van der Waals surface area (Å²) in [6.07, 6.45) is 0. The van der Waals surface area contributed by atoms with Crippen molar-refractivity contribution in [3.8, 4) is 11.5 Å². The molecule has 0 atom stereocenters. The average molecular weight is 357 g/mol. The molecule has 0 radical (unpaired) electrons. The first-order valence-corrected chi connectivity index (χ1v) is 7.74. The van der Waals surface area contributed by atoms with Crippen LogP contribution in [0.25, 0.3) is 0 Å². The molecule has 0 aromatic heterocycles. The summed E-state index contributed by atoms with van der Waals surface area (Å²) >= 11 is 0. The molecule has 0 saturated carbocycles. The maximum atomic E-state index is 12.1. The van der Waals surface area contributed by atoms with E-state index in [-0.39, 0.29) is 11.3 Å². The summed E-state index contributed by atoms with van der Waals surface area (Å²) in [4.78, 5) is 35.7. The Morgan fingerprint density at radius 3 is 2.15 bits per heavy atom. The molecule has 1 amide bonds. The summed E-state index contributed by atoms with van der Waals surface area (Å²) in [5.41, 5.74) is 0.937. The van der Waals surface area contributed by atoms with Crippen LogP contribution < -0.4 is 14.8 Å². The minimum atomic E-state index is -0.697. The van der Waals surface area contributed by atoms with Crippen LogP contribution in [0.15, 0.2) is 42.5 Å². The maximum Gasteiger partial charge on any atom is 0.338 e. The van der Waals surface area contributed by atoms with Gasteiger partial charge >= 0.3 is 5.97 Å². The molecule has 2 rings (SSSR count). The number of nitrogens with one attached hydrogen (secondary N) is 1. The monoisotopic (exact) mass is 357 g/mol. The predicted molar refractivity (Wildman–Crippen MR) is 94.9 cm³/mol. The Bertz CT molecular complexity index is 808. The van der Waals surface area contributed by atoms with E-state index in [1.165, 1.54) is 33.3 Å². The number of esters is 1. The van der Waals surface area contributed by atoms with Crippen molar-refractivity contribution in [2.45, 2.75) is 6.92 Å². The number of Topliss-reactive ketones (excluding diaryl/α,β-unsaturated/α-hetero) is 1. The first-order valence-electron chi connectivity index (χ1n) is 7.74. The third kappa shape index (κ3) is 4.83. The van der Waals surface area contributed by atoms with E-state index in [0.717, 1.165) is 0 Å². The standard InChI is InChI=1S/C19H19NO6/c1-12(21)16-6-4-5-7-17(16)20-18(22)11-26-19(23)13-8-14(24-2)10-15(9-13)25-3/h4-10H,11H2,1-3H3,(H,20,22). The van der Waals surface area contributed by atoms with Gasteiger partial charge < -0.3 is 19.5 Å². The van der Waals surface area contributed by atoms with Crippen LogP contribution in [-0.2, 0) is 9.53 Å². The molecule has 0 bridgehead atoms. The molecule has 1 N–H and O–H groups in total. The number of ether oxygens (including phenoxy) is 3. The van der Waals surface area contributed by atoms with Gasteiger partial charge in [-0.3, -0.25) is 9.59 Å². The van der Waals surface area contributed by atoms with Gasteiger partial charge in [-0.1, -0.05) is 12.1 Å². The minimum Gasteiger partial charge on any atom is -0.497 e. The van der Waals surface area contributed by atoms with E-state index in [4.69, 9.17) is 14.2 Å². The van der Waals surface area contributed by atoms with Crippen LogP contribution in [0.2, 0.25) is 0 Å². The van der Waals surface area contributed by atoms with Crippen molar-refractivity contribution in [1.29, 1.82) is 0 Å². The number of amides is 1. The molecule has 26 heavy (non-hydrogen) atoms. The number of carbonyl (C=O) groups excluding carboxylic acids is 3. The Hall–Kier alpha value is -3.35. The average Bonchev–Trinajstić information content (AvgIpc) is 2.65. The summed E-state index contributed by atoms with van der Waals surface area (Å²) < 4.78 is 15.2. The van der Waals surface area contributed by atoms with Crippen LogP contribution in [0, 0.1) is 0 Å². The van der Waals surface area contributed by atoms with Crippen molar-refractivity contribution in [2.24, 2.45) is 0 Å². The lowest BCUT2D eigenvalue weighted by Crippen LogP contribution is -2.22. The quantitative estimate of drug-likeness (QED) is 0.605. The topological polar surface area (TPSA) is 90.9 Å². The number of para-hydroxylation sites is 1. The Morgan fingerprint density at radius 1 is 0.962 bits per heavy atom. The van der Waals surface area contributed by atoms with E-state index in [1.807, 2.05) is 0 Å². The fourth-order valence-corrected chi connectivity index (χ4v) is 2.23. The molecule has 0 unspecified atom stereocenters. The van der Waals surface area contributed by atoms with Gasteiger partial charge in [0.2, 0.25) is 0 Å². The van der Waals surface area contributed by atoms with Crippen molar-refractivity contribution >= 4 is 23.3 Å². The third-order valence-electron chi connectivity index (χ3n) is 3.50. The van der Waals surface area contributed by atoms with E-state index < -0.39 is 18.5 Å². The SMILES string of the molecule is COc1cc(OC)cc(C(=O)OCC(=O)Nc2ccccc2C(C)=O)c1. The molecule has 0 heterocycles. The normalized spacial score (nSPS) is 9.96. The Kier molecular flexibility index (Phi) is 6.32. The Morgan fingerprint density at radius 2 is 1.58 bits per heavy atom. The van der Waals surface area contributed by atoms with Gasteiger partial charge in [-0.25, -0.2) is 4.79 Å². The van der Waals surface area contributed by atoms with E-state index in [1.54, 1.807) is 30.3 Å². The van der Waals surface area contributed by atoms with E-state index >= 15 is 0 Å². The van der Waals surface area contributed by atoms with E-state index in [9.17, 15) is 14.4 Å². The fourth-order valence-electron chi connectivity index (χ4n) is 2.23. The first kappa shape index (κ1) is 19.0. The number of methoxy groups -OCH3 is 2. The Balaban J connectivity index is 2.01. The highest BCUT2D eigenvalue weighted by Crippen LogP contribution is 2.23. The molecule has 0 aliphatic heterocycles. The fraction of sp³-hybridized carbons (Fsp3) is 0.211. The van der Waals surface area contributed by atoms with Gasteiger partial charge in [0, 0.05) is 11.6 Å². The molecular weight excluding hydrogens is 338 g/mol. The summed E-state index contributed by atoms with van der Waals surface area (Å²) in [5.74, 6) is -0.576. The zero-order chi connectivity index (χ0) is 19.1. The molecule has 0 aliphatic rings. The van der Waals surface area contributed by atoms with Crippen molar-refractivity contribution in [3.05, 3.63) is 53.6 Å². The number of hydrogen-bond acceptors (Lipinski definition) is 6. The van der Waals surface area contributed by atoms with Gasteiger partial charge in [0.25, 0.3) is 5.91 Å².